The molecule has 3 rings (SSSR count). The first-order valence-corrected chi connectivity index (χ1v) is 7.93. The van der Waals surface area contributed by atoms with E-state index >= 15 is 0 Å². The lowest BCUT2D eigenvalue weighted by molar-refractivity contribution is -0.122. The first-order chi connectivity index (χ1) is 11.0. The summed E-state index contributed by atoms with van der Waals surface area (Å²) in [6.45, 7) is 3.63. The van der Waals surface area contributed by atoms with Gasteiger partial charge in [-0.25, -0.2) is 9.37 Å². The maximum atomic E-state index is 13.2. The van der Waals surface area contributed by atoms with Crippen molar-refractivity contribution < 1.29 is 13.9 Å². The van der Waals surface area contributed by atoms with E-state index in [2.05, 4.69) is 10.3 Å². The molecule has 1 aromatic heterocycles. The van der Waals surface area contributed by atoms with Gasteiger partial charge in [0.2, 0.25) is 0 Å². The molecule has 1 N–H and O–H groups in total. The molecule has 0 radical (unpaired) electrons. The molecular formula is C17H15FN2O2S. The number of aryl methyl sites for hydroxylation is 1. The van der Waals surface area contributed by atoms with Gasteiger partial charge in [-0.3, -0.25) is 10.1 Å². The lowest BCUT2D eigenvalue weighted by Gasteiger charge is -2.13. The molecule has 1 heterocycles. The summed E-state index contributed by atoms with van der Waals surface area (Å²) in [5.74, 6) is 0.0141. The lowest BCUT2D eigenvalue weighted by atomic mass is 10.2. The van der Waals surface area contributed by atoms with Gasteiger partial charge in [0.05, 0.1) is 10.2 Å². The highest BCUT2D eigenvalue weighted by atomic mass is 32.1. The first-order valence-electron chi connectivity index (χ1n) is 7.11. The van der Waals surface area contributed by atoms with Crippen molar-refractivity contribution in [3.8, 4) is 5.75 Å². The second-order valence-electron chi connectivity index (χ2n) is 5.20. The predicted molar refractivity (Wildman–Crippen MR) is 89.5 cm³/mol. The third kappa shape index (κ3) is 3.65. The summed E-state index contributed by atoms with van der Waals surface area (Å²) >= 11 is 1.23. The van der Waals surface area contributed by atoms with Crippen LogP contribution in [0.3, 0.4) is 0 Å². The summed E-state index contributed by atoms with van der Waals surface area (Å²) in [5, 5.41) is 3.13. The summed E-state index contributed by atoms with van der Waals surface area (Å²) < 4.78 is 19.5. The van der Waals surface area contributed by atoms with Gasteiger partial charge in [0.1, 0.15) is 11.6 Å². The molecule has 0 aliphatic carbocycles. The van der Waals surface area contributed by atoms with Crippen molar-refractivity contribution in [1.29, 1.82) is 0 Å². The largest absolute Gasteiger partial charge is 0.481 e. The minimum absolute atomic E-state index is 0.300. The predicted octanol–water partition coefficient (Wildman–Crippen LogP) is 4.15. The molecule has 2 aromatic carbocycles. The van der Waals surface area contributed by atoms with Crippen LogP contribution in [-0.2, 0) is 4.79 Å². The Labute approximate surface area is 136 Å². The maximum absolute atomic E-state index is 13.2. The Morgan fingerprint density at radius 1 is 1.30 bits per heavy atom. The summed E-state index contributed by atoms with van der Waals surface area (Å²) in [7, 11) is 0. The topological polar surface area (TPSA) is 51.2 Å². The number of anilines is 1. The van der Waals surface area contributed by atoms with Crippen LogP contribution in [0.15, 0.2) is 42.5 Å². The van der Waals surface area contributed by atoms with E-state index in [4.69, 9.17) is 4.74 Å². The number of thiazole rings is 1. The Balaban J connectivity index is 1.69. The molecule has 0 aliphatic rings. The molecule has 0 unspecified atom stereocenters. The Morgan fingerprint density at radius 2 is 2.13 bits per heavy atom. The first kappa shape index (κ1) is 15.4. The molecule has 4 nitrogen and oxygen atoms in total. The van der Waals surface area contributed by atoms with Crippen molar-refractivity contribution in [3.63, 3.8) is 0 Å². The molecule has 6 heteroatoms. The highest BCUT2D eigenvalue weighted by Gasteiger charge is 2.17. The molecule has 0 aliphatic heterocycles. The van der Waals surface area contributed by atoms with Gasteiger partial charge in [-0.15, -0.1) is 0 Å². The van der Waals surface area contributed by atoms with Gasteiger partial charge in [0, 0.05) is 0 Å². The van der Waals surface area contributed by atoms with E-state index in [-0.39, 0.29) is 11.7 Å². The van der Waals surface area contributed by atoms with Gasteiger partial charge < -0.3 is 4.74 Å². The summed E-state index contributed by atoms with van der Waals surface area (Å²) in [6, 6.07) is 11.8. The van der Waals surface area contributed by atoms with E-state index in [9.17, 15) is 9.18 Å². The number of carbonyl (C=O) groups excluding carboxylic acids is 1. The number of fused-ring (bicyclic) bond motifs is 1. The average Bonchev–Trinajstić information content (AvgIpc) is 2.88. The number of ether oxygens (including phenoxy) is 1. The quantitative estimate of drug-likeness (QED) is 0.782. The number of nitrogens with zero attached hydrogens (tertiary/aromatic N) is 1. The van der Waals surface area contributed by atoms with Crippen molar-refractivity contribution in [3.05, 3.63) is 53.8 Å². The monoisotopic (exact) mass is 330 g/mol. The number of benzene rings is 2. The highest BCUT2D eigenvalue weighted by molar-refractivity contribution is 7.22. The van der Waals surface area contributed by atoms with Gasteiger partial charge in [-0.1, -0.05) is 23.5 Å². The standard InChI is InChI=1S/C17H15FN2O2S/c1-10-4-3-5-13(8-10)22-11(2)16(21)20-17-19-14-7-6-12(18)9-15(14)23-17/h3-9,11H,1-2H3,(H,19,20,21)/t11-/m0/s1. The lowest BCUT2D eigenvalue weighted by Crippen LogP contribution is -2.30. The number of amides is 1. The number of hydrogen-bond donors (Lipinski definition) is 1. The number of carbonyl (C=O) groups is 1. The van der Waals surface area contributed by atoms with E-state index in [1.807, 2.05) is 25.1 Å². The fourth-order valence-electron chi connectivity index (χ4n) is 2.11. The second kappa shape index (κ2) is 6.34. The summed E-state index contributed by atoms with van der Waals surface area (Å²) in [4.78, 5) is 16.5. The molecule has 0 spiro atoms. The third-order valence-electron chi connectivity index (χ3n) is 3.25. The number of halogens is 1. The fraction of sp³-hybridized carbons (Fsp3) is 0.176. The molecule has 1 amide bonds. The van der Waals surface area contributed by atoms with Crippen LogP contribution in [0.4, 0.5) is 9.52 Å². The molecule has 3 aromatic rings. The van der Waals surface area contributed by atoms with Crippen LogP contribution in [0.2, 0.25) is 0 Å². The summed E-state index contributed by atoms with van der Waals surface area (Å²) in [6.07, 6.45) is -0.666. The van der Waals surface area contributed by atoms with E-state index < -0.39 is 6.10 Å². The van der Waals surface area contributed by atoms with Crippen molar-refractivity contribution in [2.45, 2.75) is 20.0 Å². The van der Waals surface area contributed by atoms with Gasteiger partial charge in [-0.2, -0.15) is 0 Å². The van der Waals surface area contributed by atoms with Crippen LogP contribution in [-0.4, -0.2) is 17.0 Å². The second-order valence-corrected chi connectivity index (χ2v) is 6.23. The normalized spacial score (nSPS) is 12.1. The molecule has 0 saturated carbocycles. The number of aromatic nitrogens is 1. The molecule has 23 heavy (non-hydrogen) atoms. The van der Waals surface area contributed by atoms with E-state index in [0.29, 0.717) is 21.1 Å². The minimum atomic E-state index is -0.666. The zero-order valence-corrected chi connectivity index (χ0v) is 13.5. The third-order valence-corrected chi connectivity index (χ3v) is 4.19. The number of hydrogen-bond acceptors (Lipinski definition) is 4. The Hall–Kier alpha value is -2.47. The van der Waals surface area contributed by atoms with Crippen molar-refractivity contribution >= 4 is 32.6 Å². The maximum Gasteiger partial charge on any atom is 0.266 e. The highest BCUT2D eigenvalue weighted by Crippen LogP contribution is 2.26. The van der Waals surface area contributed by atoms with Crippen LogP contribution in [0.1, 0.15) is 12.5 Å². The van der Waals surface area contributed by atoms with Crippen LogP contribution in [0, 0.1) is 12.7 Å². The minimum Gasteiger partial charge on any atom is -0.481 e. The fourth-order valence-corrected chi connectivity index (χ4v) is 3.00. The Bertz CT molecular complexity index is 863. The number of rotatable bonds is 4. The smallest absolute Gasteiger partial charge is 0.266 e. The van der Waals surface area contributed by atoms with Crippen LogP contribution in [0.5, 0.6) is 5.75 Å². The van der Waals surface area contributed by atoms with E-state index in [1.54, 1.807) is 19.1 Å². The van der Waals surface area contributed by atoms with Crippen LogP contribution in [0.25, 0.3) is 10.2 Å². The summed E-state index contributed by atoms with van der Waals surface area (Å²) in [5.41, 5.74) is 1.71. The zero-order valence-electron chi connectivity index (χ0n) is 12.7. The van der Waals surface area contributed by atoms with Gasteiger partial charge >= 0.3 is 0 Å². The van der Waals surface area contributed by atoms with Crippen LogP contribution < -0.4 is 10.1 Å². The zero-order chi connectivity index (χ0) is 16.4. The average molecular weight is 330 g/mol. The van der Waals surface area contributed by atoms with Crippen molar-refractivity contribution in [2.75, 3.05) is 5.32 Å². The Morgan fingerprint density at radius 3 is 2.91 bits per heavy atom. The molecule has 0 fully saturated rings. The Kier molecular flexibility index (Phi) is 4.25. The number of nitrogens with one attached hydrogen (secondary N) is 1. The van der Waals surface area contributed by atoms with E-state index in [1.165, 1.54) is 23.5 Å². The molecular weight excluding hydrogens is 315 g/mol. The van der Waals surface area contributed by atoms with Gasteiger partial charge in [-0.05, 0) is 49.7 Å². The van der Waals surface area contributed by atoms with Gasteiger partial charge in [0.25, 0.3) is 5.91 Å². The van der Waals surface area contributed by atoms with Crippen molar-refractivity contribution in [2.24, 2.45) is 0 Å². The molecule has 1 atom stereocenters. The van der Waals surface area contributed by atoms with E-state index in [0.717, 1.165) is 5.56 Å². The van der Waals surface area contributed by atoms with Crippen LogP contribution >= 0.6 is 11.3 Å². The van der Waals surface area contributed by atoms with Gasteiger partial charge in [0.15, 0.2) is 11.2 Å². The SMILES string of the molecule is Cc1cccc(O[C@@H](C)C(=O)Nc2nc3ccc(F)cc3s2)c1. The molecule has 118 valence electrons. The molecule has 0 saturated heterocycles. The van der Waals surface area contributed by atoms with Crippen molar-refractivity contribution in [1.82, 2.24) is 4.98 Å². The molecule has 0 bridgehead atoms.